The Morgan fingerprint density at radius 3 is 2.56 bits per heavy atom. The first kappa shape index (κ1) is 24.9. The molecule has 0 radical (unpaired) electrons. The lowest BCUT2D eigenvalue weighted by Crippen LogP contribution is -2.53. The summed E-state index contributed by atoms with van der Waals surface area (Å²) in [5, 5.41) is 7.94. The monoisotopic (exact) mass is 490 g/mol. The number of amides is 3. The van der Waals surface area contributed by atoms with E-state index in [0.29, 0.717) is 12.0 Å². The topological polar surface area (TPSA) is 81.8 Å². The molecule has 0 spiro atoms. The van der Waals surface area contributed by atoms with E-state index in [2.05, 4.69) is 27.7 Å². The van der Waals surface area contributed by atoms with Gasteiger partial charge in [0.1, 0.15) is 6.04 Å². The van der Waals surface area contributed by atoms with Crippen molar-refractivity contribution < 1.29 is 14.4 Å². The van der Waals surface area contributed by atoms with Crippen molar-refractivity contribution in [1.29, 1.82) is 0 Å². The predicted octanol–water partition coefficient (Wildman–Crippen LogP) is 4.13. The molecule has 2 aromatic rings. The zero-order valence-electron chi connectivity index (χ0n) is 21.2. The first-order valence-electron chi connectivity index (χ1n) is 13.8. The molecular formula is C29H38N4O3. The maximum Gasteiger partial charge on any atom is 0.259 e. The number of piperidine rings is 2. The van der Waals surface area contributed by atoms with Crippen LogP contribution in [0.5, 0.6) is 0 Å². The van der Waals surface area contributed by atoms with Gasteiger partial charge in [0.05, 0.1) is 5.69 Å². The fraction of sp³-hybridized carbons (Fsp3) is 0.552. The fourth-order valence-corrected chi connectivity index (χ4v) is 5.98. The number of carbonyl (C=O) groups is 3. The van der Waals surface area contributed by atoms with Crippen molar-refractivity contribution in [3.05, 3.63) is 41.5 Å². The molecule has 2 fully saturated rings. The van der Waals surface area contributed by atoms with Crippen molar-refractivity contribution in [2.45, 2.75) is 76.8 Å². The van der Waals surface area contributed by atoms with E-state index in [1.807, 2.05) is 18.2 Å². The van der Waals surface area contributed by atoms with Crippen molar-refractivity contribution >= 4 is 34.2 Å². The van der Waals surface area contributed by atoms with Gasteiger partial charge in [-0.3, -0.25) is 24.6 Å². The summed E-state index contributed by atoms with van der Waals surface area (Å²) in [5.41, 5.74) is 2.57. The molecule has 0 aromatic heterocycles. The average Bonchev–Trinajstić information content (AvgIpc) is 3.17. The highest BCUT2D eigenvalue weighted by atomic mass is 16.2. The van der Waals surface area contributed by atoms with Crippen molar-refractivity contribution in [2.75, 3.05) is 31.1 Å². The standard InChI is InChI=1S/C29H38N4O3/c34-26-15-14-25(28(35)31-26)33-24-13-12-21(22-10-9-11-23(27(22)24)29(33)36)20-30-16-5-2-1-3-6-17-32-18-7-4-8-19-32/h9-13,25,30H,1-8,14-20H2,(H,31,34,35). The van der Waals surface area contributed by atoms with Gasteiger partial charge >= 0.3 is 0 Å². The van der Waals surface area contributed by atoms with Gasteiger partial charge in [-0.15, -0.1) is 0 Å². The van der Waals surface area contributed by atoms with Crippen LogP contribution >= 0.6 is 0 Å². The number of imide groups is 1. The highest BCUT2D eigenvalue weighted by Gasteiger charge is 2.40. The fourth-order valence-electron chi connectivity index (χ4n) is 5.98. The number of likely N-dealkylation sites (tertiary alicyclic amines) is 1. The van der Waals surface area contributed by atoms with Gasteiger partial charge in [0.25, 0.3) is 5.91 Å². The average molecular weight is 491 g/mol. The quantitative estimate of drug-likeness (QED) is 0.366. The minimum Gasteiger partial charge on any atom is -0.313 e. The highest BCUT2D eigenvalue weighted by molar-refractivity contribution is 6.27. The van der Waals surface area contributed by atoms with E-state index >= 15 is 0 Å². The predicted molar refractivity (Wildman–Crippen MR) is 142 cm³/mol. The lowest BCUT2D eigenvalue weighted by Gasteiger charge is -2.30. The zero-order valence-corrected chi connectivity index (χ0v) is 21.2. The number of nitrogens with zero attached hydrogens (tertiary/aromatic N) is 2. The van der Waals surface area contributed by atoms with E-state index in [-0.39, 0.29) is 18.2 Å². The van der Waals surface area contributed by atoms with Crippen LogP contribution in [0.25, 0.3) is 10.8 Å². The Hall–Kier alpha value is -2.77. The summed E-state index contributed by atoms with van der Waals surface area (Å²) in [6.07, 6.45) is 11.1. The lowest BCUT2D eigenvalue weighted by atomic mass is 10.00. The third-order valence-electron chi connectivity index (χ3n) is 7.93. The second-order valence-electron chi connectivity index (χ2n) is 10.5. The largest absolute Gasteiger partial charge is 0.313 e. The van der Waals surface area contributed by atoms with Crippen LogP contribution in [-0.4, -0.2) is 54.8 Å². The number of rotatable bonds is 11. The van der Waals surface area contributed by atoms with E-state index in [4.69, 9.17) is 0 Å². The molecule has 0 saturated carbocycles. The third-order valence-corrected chi connectivity index (χ3v) is 7.93. The molecule has 3 heterocycles. The molecule has 36 heavy (non-hydrogen) atoms. The van der Waals surface area contributed by atoms with Gasteiger partial charge in [-0.2, -0.15) is 0 Å². The molecule has 7 heteroatoms. The molecule has 192 valence electrons. The highest BCUT2D eigenvalue weighted by Crippen LogP contribution is 2.41. The number of unbranched alkanes of at least 4 members (excludes halogenated alkanes) is 4. The molecule has 3 aliphatic heterocycles. The van der Waals surface area contributed by atoms with Crippen LogP contribution < -0.4 is 15.5 Å². The summed E-state index contributed by atoms with van der Waals surface area (Å²) < 4.78 is 0. The molecule has 1 atom stereocenters. The Labute approximate surface area is 213 Å². The zero-order chi connectivity index (χ0) is 24.9. The Morgan fingerprint density at radius 1 is 0.917 bits per heavy atom. The van der Waals surface area contributed by atoms with E-state index in [9.17, 15) is 14.4 Å². The van der Waals surface area contributed by atoms with Gasteiger partial charge in [-0.25, -0.2) is 0 Å². The maximum atomic E-state index is 13.3. The van der Waals surface area contributed by atoms with Crippen molar-refractivity contribution in [3.8, 4) is 0 Å². The van der Waals surface area contributed by atoms with Crippen LogP contribution in [0, 0.1) is 0 Å². The van der Waals surface area contributed by atoms with E-state index in [1.54, 1.807) is 4.90 Å². The van der Waals surface area contributed by atoms with Crippen LogP contribution in [0.15, 0.2) is 30.3 Å². The molecular weight excluding hydrogens is 452 g/mol. The molecule has 0 aliphatic carbocycles. The van der Waals surface area contributed by atoms with Gasteiger partial charge in [-0.1, -0.05) is 43.9 Å². The van der Waals surface area contributed by atoms with Crippen LogP contribution in [-0.2, 0) is 16.1 Å². The maximum absolute atomic E-state index is 13.3. The molecule has 3 amide bonds. The smallest absolute Gasteiger partial charge is 0.259 e. The molecule has 1 unspecified atom stereocenters. The Balaban J connectivity index is 1.12. The molecule has 2 N–H and O–H groups in total. The number of nitrogens with one attached hydrogen (secondary N) is 2. The van der Waals surface area contributed by atoms with Crippen molar-refractivity contribution in [3.63, 3.8) is 0 Å². The number of benzene rings is 2. The Morgan fingerprint density at radius 2 is 1.72 bits per heavy atom. The normalized spacial score (nSPS) is 20.4. The third kappa shape index (κ3) is 5.32. The molecule has 5 rings (SSSR count). The van der Waals surface area contributed by atoms with Gasteiger partial charge in [0.15, 0.2) is 0 Å². The summed E-state index contributed by atoms with van der Waals surface area (Å²) in [5.74, 6) is -0.822. The second-order valence-corrected chi connectivity index (χ2v) is 10.5. The molecule has 2 aromatic carbocycles. The summed E-state index contributed by atoms with van der Waals surface area (Å²) in [6.45, 7) is 5.60. The summed E-state index contributed by atoms with van der Waals surface area (Å²) in [7, 11) is 0. The molecule has 7 nitrogen and oxygen atoms in total. The van der Waals surface area contributed by atoms with Crippen molar-refractivity contribution in [2.24, 2.45) is 0 Å². The van der Waals surface area contributed by atoms with Gasteiger partial charge in [0, 0.05) is 23.9 Å². The van der Waals surface area contributed by atoms with E-state index in [1.165, 1.54) is 71.0 Å². The SMILES string of the molecule is O=C1CCC(N2C(=O)c3cccc4c(CNCCCCCCCN5CCCCC5)ccc2c34)C(=O)N1. The molecule has 3 aliphatic rings. The van der Waals surface area contributed by atoms with E-state index < -0.39 is 11.9 Å². The first-order chi connectivity index (χ1) is 17.6. The van der Waals surface area contributed by atoms with Gasteiger partial charge in [-0.05, 0) is 81.4 Å². The van der Waals surface area contributed by atoms with Crippen LogP contribution in [0.2, 0.25) is 0 Å². The molecule has 2 saturated heterocycles. The summed E-state index contributed by atoms with van der Waals surface area (Å²) >= 11 is 0. The van der Waals surface area contributed by atoms with Crippen molar-refractivity contribution in [1.82, 2.24) is 15.5 Å². The molecule has 0 bridgehead atoms. The Bertz CT molecular complexity index is 1120. The van der Waals surface area contributed by atoms with E-state index in [0.717, 1.165) is 35.1 Å². The number of hydrogen-bond donors (Lipinski definition) is 2. The van der Waals surface area contributed by atoms with Crippen LogP contribution in [0.3, 0.4) is 0 Å². The number of hydrogen-bond acceptors (Lipinski definition) is 5. The lowest BCUT2D eigenvalue weighted by molar-refractivity contribution is -0.134. The first-order valence-corrected chi connectivity index (χ1v) is 13.8. The minimum absolute atomic E-state index is 0.157. The van der Waals surface area contributed by atoms with Crippen LogP contribution in [0.4, 0.5) is 5.69 Å². The summed E-state index contributed by atoms with van der Waals surface area (Å²) in [6, 6.07) is 9.19. The van der Waals surface area contributed by atoms with Gasteiger partial charge in [0.2, 0.25) is 11.8 Å². The van der Waals surface area contributed by atoms with Crippen LogP contribution in [0.1, 0.15) is 80.1 Å². The minimum atomic E-state index is -0.644. The van der Waals surface area contributed by atoms with Gasteiger partial charge < -0.3 is 10.2 Å². The summed E-state index contributed by atoms with van der Waals surface area (Å²) in [4.78, 5) is 41.6. The second kappa shape index (κ2) is 11.5. The number of anilines is 1. The Kier molecular flexibility index (Phi) is 7.97. The number of carbonyl (C=O) groups excluding carboxylic acids is 3.